The molecule has 0 aromatic heterocycles. The summed E-state index contributed by atoms with van der Waals surface area (Å²) in [6.07, 6.45) is 29.2. The Morgan fingerprint density at radius 2 is 1.42 bits per heavy atom. The molecule has 0 radical (unpaired) electrons. The van der Waals surface area contributed by atoms with Crippen molar-refractivity contribution in [1.29, 1.82) is 0 Å². The van der Waals surface area contributed by atoms with Crippen LogP contribution in [0, 0.1) is 0 Å². The molecule has 1 fully saturated rings. The van der Waals surface area contributed by atoms with Gasteiger partial charge in [0.25, 0.3) is 0 Å². The summed E-state index contributed by atoms with van der Waals surface area (Å²) in [5.41, 5.74) is 14.8. The second-order valence-electron chi connectivity index (χ2n) is 13.0. The predicted molar refractivity (Wildman–Crippen MR) is 229 cm³/mol. The fourth-order valence-electron chi connectivity index (χ4n) is 6.67. The zero-order valence-electron chi connectivity index (χ0n) is 31.3. The molecule has 0 saturated carbocycles. The molecule has 3 aliphatic rings. The number of benzene rings is 3. The molecule has 2 heteroatoms. The van der Waals surface area contributed by atoms with E-state index in [1.54, 1.807) is 6.08 Å². The molecular weight excluding hydrogens is 629 g/mol. The van der Waals surface area contributed by atoms with Crippen molar-refractivity contribution < 1.29 is 0 Å². The number of nitrogens with one attached hydrogen (secondary N) is 1. The van der Waals surface area contributed by atoms with E-state index in [0.29, 0.717) is 0 Å². The molecule has 0 amide bonds. The third-order valence-electron chi connectivity index (χ3n) is 9.47. The molecule has 0 bridgehead atoms. The molecule has 2 heterocycles. The van der Waals surface area contributed by atoms with Gasteiger partial charge in [-0.15, -0.1) is 0 Å². The minimum atomic E-state index is -0.501. The van der Waals surface area contributed by atoms with Crippen molar-refractivity contribution in [3.63, 3.8) is 0 Å². The van der Waals surface area contributed by atoms with E-state index in [0.717, 1.165) is 35.3 Å². The third-order valence-corrected chi connectivity index (χ3v) is 9.47. The van der Waals surface area contributed by atoms with Crippen LogP contribution in [0.4, 0.5) is 0 Å². The zero-order valence-corrected chi connectivity index (χ0v) is 31.3. The molecule has 0 spiro atoms. The Labute approximate surface area is 312 Å². The molecule has 1 aliphatic carbocycles. The molecule has 52 heavy (non-hydrogen) atoms. The largest absolute Gasteiger partial charge is 0.314 e. The van der Waals surface area contributed by atoms with E-state index in [2.05, 4.69) is 167 Å². The maximum Gasteiger partial charge on any atom is 0.149 e. The lowest BCUT2D eigenvalue weighted by Crippen LogP contribution is -2.23. The average Bonchev–Trinajstić information content (AvgIpc) is 4.13. The van der Waals surface area contributed by atoms with Crippen molar-refractivity contribution in [2.24, 2.45) is 4.99 Å². The SMILES string of the molecule is C1CN1.C=C/C=C(\C=C)C1=NC1(/C(C)=C/C=C\C)C(/C=C\c1cccc(-c2cccc(-c3cccc(C4=CCCC(C=C)=C4/C=C\C)c3)c2)c1)=C/C. The van der Waals surface area contributed by atoms with Crippen LogP contribution in [0.25, 0.3) is 33.9 Å². The van der Waals surface area contributed by atoms with Crippen LogP contribution < -0.4 is 5.32 Å². The second kappa shape index (κ2) is 18.1. The van der Waals surface area contributed by atoms with Gasteiger partial charge in [-0.3, -0.25) is 4.99 Å². The van der Waals surface area contributed by atoms with Gasteiger partial charge < -0.3 is 5.32 Å². The van der Waals surface area contributed by atoms with Crippen molar-refractivity contribution in [2.75, 3.05) is 13.1 Å². The highest BCUT2D eigenvalue weighted by Crippen LogP contribution is 2.46. The summed E-state index contributed by atoms with van der Waals surface area (Å²) < 4.78 is 0. The lowest BCUT2D eigenvalue weighted by atomic mass is 9.82. The first-order valence-corrected chi connectivity index (χ1v) is 18.4. The molecule has 2 aliphatic heterocycles. The van der Waals surface area contributed by atoms with E-state index in [-0.39, 0.29) is 0 Å². The quantitative estimate of drug-likeness (QED) is 0.141. The van der Waals surface area contributed by atoms with Gasteiger partial charge in [0.1, 0.15) is 5.54 Å². The molecule has 3 aromatic carbocycles. The van der Waals surface area contributed by atoms with E-state index in [9.17, 15) is 0 Å². The Kier molecular flexibility index (Phi) is 13.1. The Balaban J connectivity index is 0.00000165. The number of nitrogens with zero attached hydrogens (tertiary/aromatic N) is 1. The molecule has 1 unspecified atom stereocenters. The number of aliphatic imine (C=N–C) groups is 1. The summed E-state index contributed by atoms with van der Waals surface area (Å²) in [6.45, 7) is 22.8. The zero-order chi connectivity index (χ0) is 36.9. The van der Waals surface area contributed by atoms with E-state index in [1.807, 2.05) is 31.2 Å². The normalized spacial score (nSPS) is 19.0. The van der Waals surface area contributed by atoms with Gasteiger partial charge in [0.05, 0.1) is 5.71 Å². The molecule has 262 valence electrons. The Morgan fingerprint density at radius 3 is 2.00 bits per heavy atom. The van der Waals surface area contributed by atoms with Gasteiger partial charge in [-0.2, -0.15) is 0 Å². The van der Waals surface area contributed by atoms with Crippen LogP contribution in [-0.2, 0) is 0 Å². The molecule has 1 N–H and O–H groups in total. The first-order chi connectivity index (χ1) is 25.4. The van der Waals surface area contributed by atoms with Gasteiger partial charge in [-0.1, -0.05) is 153 Å². The van der Waals surface area contributed by atoms with Gasteiger partial charge in [0, 0.05) is 13.1 Å². The first kappa shape index (κ1) is 37.7. The van der Waals surface area contributed by atoms with Crippen LogP contribution in [0.15, 0.2) is 198 Å². The maximum atomic E-state index is 5.07. The number of hydrogen-bond acceptors (Lipinski definition) is 2. The molecule has 6 rings (SSSR count). The molecule has 1 saturated heterocycles. The molecule has 2 nitrogen and oxygen atoms in total. The topological polar surface area (TPSA) is 34.3 Å². The van der Waals surface area contributed by atoms with Crippen molar-refractivity contribution in [1.82, 2.24) is 5.32 Å². The minimum Gasteiger partial charge on any atom is -0.314 e. The monoisotopic (exact) mass is 680 g/mol. The average molecular weight is 681 g/mol. The number of allylic oxidation sites excluding steroid dienone is 14. The molecular formula is C50H52N2. The van der Waals surface area contributed by atoms with Crippen LogP contribution in [0.1, 0.15) is 51.7 Å². The Bertz CT molecular complexity index is 2090. The van der Waals surface area contributed by atoms with Crippen molar-refractivity contribution in [3.05, 3.63) is 204 Å². The van der Waals surface area contributed by atoms with Gasteiger partial charge in [-0.25, -0.2) is 0 Å². The van der Waals surface area contributed by atoms with Gasteiger partial charge >= 0.3 is 0 Å². The van der Waals surface area contributed by atoms with Crippen molar-refractivity contribution in [3.8, 4) is 22.3 Å². The van der Waals surface area contributed by atoms with E-state index in [1.165, 1.54) is 63.2 Å². The van der Waals surface area contributed by atoms with Gasteiger partial charge in [-0.05, 0) is 126 Å². The summed E-state index contributed by atoms with van der Waals surface area (Å²) in [5.74, 6) is 0. The predicted octanol–water partition coefficient (Wildman–Crippen LogP) is 12.8. The van der Waals surface area contributed by atoms with Crippen LogP contribution in [-0.4, -0.2) is 24.3 Å². The minimum absolute atomic E-state index is 0.501. The smallest absolute Gasteiger partial charge is 0.149 e. The van der Waals surface area contributed by atoms with Crippen LogP contribution >= 0.6 is 0 Å². The van der Waals surface area contributed by atoms with E-state index >= 15 is 0 Å². The van der Waals surface area contributed by atoms with Gasteiger partial charge in [0.2, 0.25) is 0 Å². The fourth-order valence-corrected chi connectivity index (χ4v) is 6.67. The van der Waals surface area contributed by atoms with Crippen molar-refractivity contribution >= 4 is 17.4 Å². The van der Waals surface area contributed by atoms with Gasteiger partial charge in [0.15, 0.2) is 0 Å². The lowest BCUT2D eigenvalue weighted by molar-refractivity contribution is 0.905. The summed E-state index contributed by atoms with van der Waals surface area (Å²) >= 11 is 0. The molecule has 3 aromatic rings. The Morgan fingerprint density at radius 1 is 0.788 bits per heavy atom. The van der Waals surface area contributed by atoms with E-state index in [4.69, 9.17) is 4.99 Å². The maximum absolute atomic E-state index is 5.07. The summed E-state index contributed by atoms with van der Waals surface area (Å²) in [7, 11) is 0. The first-order valence-electron chi connectivity index (χ1n) is 18.4. The highest BCUT2D eigenvalue weighted by molar-refractivity contribution is 6.23. The van der Waals surface area contributed by atoms with Crippen LogP contribution in [0.3, 0.4) is 0 Å². The molecule has 1 atom stereocenters. The second-order valence-corrected chi connectivity index (χ2v) is 13.0. The number of hydrogen-bond donors (Lipinski definition) is 1. The van der Waals surface area contributed by atoms with Crippen LogP contribution in [0.2, 0.25) is 0 Å². The highest BCUT2D eigenvalue weighted by atomic mass is 15.1. The number of rotatable bonds is 13. The Hall–Kier alpha value is -5.57. The third kappa shape index (κ3) is 8.83. The standard InChI is InChI=1S/C48H47N.C2H5N/c1-8-14-21-35(7)48(47(49-48)38(12-5)19-9-2)44(13-6)31-30-36-22-15-24-39(32-36)40-25-16-26-41(33-40)42-27-17-28-43(34-42)46-29-18-23-37(11-4)45(46)20-10-3;1-2-3-1/h8-17,19-22,24-34H,2,4-5,18,23H2,1,3,6-7H3;3H,1-2H2/b14-8-,20-10-,31-30-,35-21+,38-19+,44-13+;. The summed E-state index contributed by atoms with van der Waals surface area (Å²) in [5, 5.41) is 3.00. The fraction of sp³-hybridized carbons (Fsp3) is 0.180. The van der Waals surface area contributed by atoms with Crippen molar-refractivity contribution in [2.45, 2.75) is 46.1 Å². The highest BCUT2D eigenvalue weighted by Gasteiger charge is 2.51. The lowest BCUT2D eigenvalue weighted by Gasteiger charge is -2.19. The summed E-state index contributed by atoms with van der Waals surface area (Å²) in [4.78, 5) is 5.07. The van der Waals surface area contributed by atoms with Crippen LogP contribution in [0.5, 0.6) is 0 Å². The summed E-state index contributed by atoms with van der Waals surface area (Å²) in [6, 6.07) is 26.5. The van der Waals surface area contributed by atoms with E-state index < -0.39 is 5.54 Å².